The minimum Gasteiger partial charge on any atom is -0.508 e. The van der Waals surface area contributed by atoms with Gasteiger partial charge in [0, 0.05) is 19.2 Å². The average Bonchev–Trinajstić information content (AvgIpc) is 2.25. The Morgan fingerprint density at radius 3 is 2.81 bits per heavy atom. The van der Waals surface area contributed by atoms with Crippen LogP contribution in [0.5, 0.6) is 5.75 Å². The number of nitrogens with zero attached hydrogens (tertiary/aromatic N) is 1. The Hall–Kier alpha value is -1.84. The minimum absolute atomic E-state index is 0.0403. The highest BCUT2D eigenvalue weighted by molar-refractivity contribution is 5.94. The fourth-order valence-electron chi connectivity index (χ4n) is 1.36. The van der Waals surface area contributed by atoms with Crippen molar-refractivity contribution in [2.45, 2.75) is 6.92 Å². The summed E-state index contributed by atoms with van der Waals surface area (Å²) in [5.41, 5.74) is -0.0403. The van der Waals surface area contributed by atoms with E-state index in [2.05, 4.69) is 6.58 Å². The molecule has 1 rings (SSSR count). The first-order valence-corrected chi connectivity index (χ1v) is 4.98. The van der Waals surface area contributed by atoms with E-state index in [0.717, 1.165) is 6.07 Å². The average molecular weight is 223 g/mol. The van der Waals surface area contributed by atoms with E-state index < -0.39 is 11.7 Å². The number of amides is 1. The number of halogens is 1. The number of phenolic OH excluding ortho intramolecular Hbond substituents is 1. The Balaban J connectivity index is 2.98. The summed E-state index contributed by atoms with van der Waals surface area (Å²) in [7, 11) is 0. The van der Waals surface area contributed by atoms with Crippen LogP contribution in [-0.4, -0.2) is 29.0 Å². The van der Waals surface area contributed by atoms with Gasteiger partial charge in [0.25, 0.3) is 5.91 Å². The highest BCUT2D eigenvalue weighted by Crippen LogP contribution is 2.16. The van der Waals surface area contributed by atoms with Crippen molar-refractivity contribution >= 4 is 5.91 Å². The standard InChI is InChI=1S/C12H14FNO2/c1-3-7-14(4-2)12(16)10-6-5-9(15)8-11(10)13/h3,5-6,8,15H,1,4,7H2,2H3. The van der Waals surface area contributed by atoms with Gasteiger partial charge < -0.3 is 10.0 Å². The van der Waals surface area contributed by atoms with Crippen LogP contribution in [0.15, 0.2) is 30.9 Å². The van der Waals surface area contributed by atoms with Crippen LogP contribution in [0.2, 0.25) is 0 Å². The van der Waals surface area contributed by atoms with Crippen molar-refractivity contribution in [2.75, 3.05) is 13.1 Å². The molecule has 0 aliphatic rings. The third kappa shape index (κ3) is 2.59. The molecular weight excluding hydrogens is 209 g/mol. The Morgan fingerprint density at radius 1 is 1.62 bits per heavy atom. The number of carbonyl (C=O) groups excluding carboxylic acids is 1. The van der Waals surface area contributed by atoms with Gasteiger partial charge in [-0.1, -0.05) is 6.08 Å². The van der Waals surface area contributed by atoms with Gasteiger partial charge in [-0.2, -0.15) is 0 Å². The zero-order valence-corrected chi connectivity index (χ0v) is 9.11. The van der Waals surface area contributed by atoms with Crippen LogP contribution in [0.1, 0.15) is 17.3 Å². The zero-order chi connectivity index (χ0) is 12.1. The van der Waals surface area contributed by atoms with Crippen LogP contribution in [0.4, 0.5) is 4.39 Å². The van der Waals surface area contributed by atoms with Crippen molar-refractivity contribution in [1.82, 2.24) is 4.90 Å². The van der Waals surface area contributed by atoms with E-state index in [0.29, 0.717) is 13.1 Å². The molecule has 0 aliphatic carbocycles. The molecule has 0 radical (unpaired) electrons. The van der Waals surface area contributed by atoms with E-state index in [4.69, 9.17) is 5.11 Å². The lowest BCUT2D eigenvalue weighted by Gasteiger charge is -2.19. The number of aromatic hydroxyl groups is 1. The third-order valence-electron chi connectivity index (χ3n) is 2.20. The molecule has 0 bridgehead atoms. The lowest BCUT2D eigenvalue weighted by Crippen LogP contribution is -2.31. The minimum atomic E-state index is -0.715. The molecule has 0 unspecified atom stereocenters. The summed E-state index contributed by atoms with van der Waals surface area (Å²) < 4.78 is 13.4. The van der Waals surface area contributed by atoms with Crippen molar-refractivity contribution in [3.05, 3.63) is 42.2 Å². The topological polar surface area (TPSA) is 40.5 Å². The second kappa shape index (κ2) is 5.30. The molecule has 4 heteroatoms. The first-order chi connectivity index (χ1) is 7.60. The van der Waals surface area contributed by atoms with E-state index >= 15 is 0 Å². The summed E-state index contributed by atoms with van der Waals surface area (Å²) in [6.45, 7) is 6.19. The van der Waals surface area contributed by atoms with Crippen molar-refractivity contribution in [3.63, 3.8) is 0 Å². The Kier molecular flexibility index (Phi) is 4.05. The van der Waals surface area contributed by atoms with Gasteiger partial charge in [-0.25, -0.2) is 4.39 Å². The van der Waals surface area contributed by atoms with Crippen molar-refractivity contribution in [2.24, 2.45) is 0 Å². The van der Waals surface area contributed by atoms with Crippen molar-refractivity contribution in [3.8, 4) is 5.75 Å². The Morgan fingerprint density at radius 2 is 2.31 bits per heavy atom. The molecule has 0 saturated heterocycles. The molecule has 0 spiro atoms. The van der Waals surface area contributed by atoms with E-state index in [-0.39, 0.29) is 11.3 Å². The highest BCUT2D eigenvalue weighted by Gasteiger charge is 2.17. The van der Waals surface area contributed by atoms with Gasteiger partial charge in [-0.05, 0) is 19.1 Å². The number of benzene rings is 1. The smallest absolute Gasteiger partial charge is 0.257 e. The number of hydrogen-bond donors (Lipinski definition) is 1. The van der Waals surface area contributed by atoms with Crippen LogP contribution < -0.4 is 0 Å². The van der Waals surface area contributed by atoms with Crippen LogP contribution in [0.3, 0.4) is 0 Å². The fraction of sp³-hybridized carbons (Fsp3) is 0.250. The van der Waals surface area contributed by atoms with Gasteiger partial charge in [0.1, 0.15) is 11.6 Å². The van der Waals surface area contributed by atoms with Gasteiger partial charge >= 0.3 is 0 Å². The van der Waals surface area contributed by atoms with Gasteiger partial charge in [-0.15, -0.1) is 6.58 Å². The predicted molar refractivity (Wildman–Crippen MR) is 59.8 cm³/mol. The van der Waals surface area contributed by atoms with Gasteiger partial charge in [0.2, 0.25) is 0 Å². The van der Waals surface area contributed by atoms with E-state index in [1.807, 2.05) is 0 Å². The van der Waals surface area contributed by atoms with Gasteiger partial charge in [0.15, 0.2) is 0 Å². The lowest BCUT2D eigenvalue weighted by molar-refractivity contribution is 0.0777. The highest BCUT2D eigenvalue weighted by atomic mass is 19.1. The number of carbonyl (C=O) groups is 1. The summed E-state index contributed by atoms with van der Waals surface area (Å²) in [6, 6.07) is 3.49. The molecule has 1 aromatic carbocycles. The lowest BCUT2D eigenvalue weighted by atomic mass is 10.1. The first kappa shape index (κ1) is 12.2. The normalized spacial score (nSPS) is 9.88. The largest absolute Gasteiger partial charge is 0.508 e. The molecule has 1 aromatic rings. The number of rotatable bonds is 4. The van der Waals surface area contributed by atoms with Gasteiger partial charge in [0.05, 0.1) is 5.56 Å². The maximum atomic E-state index is 13.4. The summed E-state index contributed by atoms with van der Waals surface area (Å²) in [5, 5.41) is 9.04. The number of phenols is 1. The zero-order valence-electron chi connectivity index (χ0n) is 9.11. The van der Waals surface area contributed by atoms with Crippen LogP contribution in [0.25, 0.3) is 0 Å². The molecule has 0 saturated carbocycles. The molecule has 0 fully saturated rings. The molecule has 16 heavy (non-hydrogen) atoms. The monoisotopic (exact) mass is 223 g/mol. The second-order valence-electron chi connectivity index (χ2n) is 3.30. The predicted octanol–water partition coefficient (Wildman–Crippen LogP) is 2.18. The molecule has 86 valence electrons. The van der Waals surface area contributed by atoms with Crippen LogP contribution in [0, 0.1) is 5.82 Å². The molecule has 0 aliphatic heterocycles. The molecule has 0 aromatic heterocycles. The Labute approximate surface area is 93.8 Å². The summed E-state index contributed by atoms with van der Waals surface area (Å²) in [4.78, 5) is 13.3. The maximum absolute atomic E-state index is 13.4. The van der Waals surface area contributed by atoms with Crippen molar-refractivity contribution < 1.29 is 14.3 Å². The number of hydrogen-bond acceptors (Lipinski definition) is 2. The molecule has 1 N–H and O–H groups in total. The Bertz CT molecular complexity index is 404. The third-order valence-corrected chi connectivity index (χ3v) is 2.20. The van der Waals surface area contributed by atoms with Crippen molar-refractivity contribution in [1.29, 1.82) is 0 Å². The summed E-state index contributed by atoms with van der Waals surface area (Å²) >= 11 is 0. The second-order valence-corrected chi connectivity index (χ2v) is 3.30. The fourth-order valence-corrected chi connectivity index (χ4v) is 1.36. The molecular formula is C12H14FNO2. The molecule has 3 nitrogen and oxygen atoms in total. The van der Waals surface area contributed by atoms with Gasteiger partial charge in [-0.3, -0.25) is 4.79 Å². The molecule has 1 amide bonds. The van der Waals surface area contributed by atoms with E-state index in [1.165, 1.54) is 17.0 Å². The number of likely N-dealkylation sites (N-methyl/N-ethyl adjacent to an activating group) is 1. The quantitative estimate of drug-likeness (QED) is 0.795. The maximum Gasteiger partial charge on any atom is 0.257 e. The first-order valence-electron chi connectivity index (χ1n) is 4.98. The molecule has 0 heterocycles. The van der Waals surface area contributed by atoms with Crippen LogP contribution >= 0.6 is 0 Å². The van der Waals surface area contributed by atoms with E-state index in [9.17, 15) is 9.18 Å². The molecule has 0 atom stereocenters. The van der Waals surface area contributed by atoms with Crippen LogP contribution in [-0.2, 0) is 0 Å². The SMILES string of the molecule is C=CCN(CC)C(=O)c1ccc(O)cc1F. The summed E-state index contributed by atoms with van der Waals surface area (Å²) in [6.07, 6.45) is 1.58. The van der Waals surface area contributed by atoms with E-state index in [1.54, 1.807) is 13.0 Å². The summed E-state index contributed by atoms with van der Waals surface area (Å²) in [5.74, 6) is -1.31.